The highest BCUT2D eigenvalue weighted by Crippen LogP contribution is 2.18. The van der Waals surface area contributed by atoms with Crippen LogP contribution < -0.4 is 19.5 Å². The predicted molar refractivity (Wildman–Crippen MR) is 115 cm³/mol. The highest BCUT2D eigenvalue weighted by Gasteiger charge is 2.20. The van der Waals surface area contributed by atoms with Gasteiger partial charge in [-0.3, -0.25) is 10.1 Å². The molecule has 0 aliphatic rings. The monoisotopic (exact) mass is 452 g/mol. The Labute approximate surface area is 183 Å². The Hall–Kier alpha value is -2.85. The number of rotatable bonds is 13. The van der Waals surface area contributed by atoms with Gasteiger partial charge in [-0.05, 0) is 44.9 Å². The molecule has 0 aliphatic heterocycles. The van der Waals surface area contributed by atoms with Crippen molar-refractivity contribution in [1.29, 1.82) is 0 Å². The summed E-state index contributed by atoms with van der Waals surface area (Å²) in [4.78, 5) is 11.6. The van der Waals surface area contributed by atoms with Crippen molar-refractivity contribution in [3.05, 3.63) is 48.7 Å². The molecular weight excluding hydrogens is 422 g/mol. The predicted octanol–water partition coefficient (Wildman–Crippen LogP) is 2.10. The molecular formula is C21H30N3O6S+. The Morgan fingerprint density at radius 3 is 2.74 bits per heavy atom. The molecule has 170 valence electrons. The Kier molecular flexibility index (Phi) is 9.54. The Morgan fingerprint density at radius 2 is 2.00 bits per heavy atom. The van der Waals surface area contributed by atoms with Crippen LogP contribution in [0.3, 0.4) is 0 Å². The maximum absolute atomic E-state index is 12.6. The normalized spacial score (nSPS) is 12.2. The molecule has 3 N–H and O–H groups in total. The van der Waals surface area contributed by atoms with Gasteiger partial charge in [0.2, 0.25) is 10.0 Å². The number of benzene rings is 1. The van der Waals surface area contributed by atoms with E-state index < -0.39 is 22.0 Å². The highest BCUT2D eigenvalue weighted by atomic mass is 32.2. The number of carbonyl (C=O) groups excluding carboxylic acids is 1. The second-order valence-corrected chi connectivity index (χ2v) is 8.63. The number of sulfonamides is 1. The van der Waals surface area contributed by atoms with Crippen molar-refractivity contribution < 1.29 is 32.6 Å². The van der Waals surface area contributed by atoms with Gasteiger partial charge in [-0.15, -0.1) is 0 Å². The van der Waals surface area contributed by atoms with Crippen molar-refractivity contribution in [2.75, 3.05) is 25.1 Å². The highest BCUT2D eigenvalue weighted by molar-refractivity contribution is 7.89. The van der Waals surface area contributed by atoms with Crippen LogP contribution in [-0.4, -0.2) is 45.4 Å². The molecule has 1 aromatic heterocycles. The van der Waals surface area contributed by atoms with E-state index in [-0.39, 0.29) is 17.9 Å². The first kappa shape index (κ1) is 24.4. The lowest BCUT2D eigenvalue weighted by Gasteiger charge is -2.14. The van der Waals surface area contributed by atoms with Crippen LogP contribution in [0.4, 0.5) is 5.82 Å². The van der Waals surface area contributed by atoms with Crippen molar-refractivity contribution >= 4 is 21.8 Å². The topological polar surface area (TPSA) is 118 Å². The number of pyridine rings is 1. The van der Waals surface area contributed by atoms with Gasteiger partial charge in [0.05, 0.1) is 31.1 Å². The van der Waals surface area contributed by atoms with E-state index in [1.54, 1.807) is 44.3 Å². The summed E-state index contributed by atoms with van der Waals surface area (Å²) in [6.45, 7) is 4.64. The van der Waals surface area contributed by atoms with Gasteiger partial charge in [0.15, 0.2) is 0 Å². The Balaban J connectivity index is 1.78. The van der Waals surface area contributed by atoms with Crippen molar-refractivity contribution in [2.24, 2.45) is 0 Å². The zero-order valence-corrected chi connectivity index (χ0v) is 18.6. The van der Waals surface area contributed by atoms with Crippen molar-refractivity contribution in [1.82, 2.24) is 4.72 Å². The molecule has 1 unspecified atom stereocenters. The summed E-state index contributed by atoms with van der Waals surface area (Å²) >= 11 is 0. The van der Waals surface area contributed by atoms with Gasteiger partial charge in [0, 0.05) is 18.2 Å². The summed E-state index contributed by atoms with van der Waals surface area (Å²) in [7, 11) is -3.79. The minimum Gasteiger partial charge on any atom is -0.494 e. The third-order valence-corrected chi connectivity index (χ3v) is 5.82. The van der Waals surface area contributed by atoms with Crippen LogP contribution in [0.1, 0.15) is 33.1 Å². The molecule has 10 heteroatoms. The van der Waals surface area contributed by atoms with Gasteiger partial charge in [-0.2, -0.15) is 0 Å². The van der Waals surface area contributed by atoms with E-state index in [1.165, 1.54) is 12.1 Å². The molecule has 9 nitrogen and oxygen atoms in total. The third-order valence-electron chi connectivity index (χ3n) is 4.24. The van der Waals surface area contributed by atoms with Crippen LogP contribution in [0.15, 0.2) is 53.6 Å². The molecule has 0 saturated carbocycles. The summed E-state index contributed by atoms with van der Waals surface area (Å²) in [5.74, 6) is 0.599. The lowest BCUT2D eigenvalue weighted by atomic mass is 10.3. The molecule has 1 atom stereocenters. The fourth-order valence-electron chi connectivity index (χ4n) is 2.78. The zero-order valence-electron chi connectivity index (χ0n) is 17.8. The summed E-state index contributed by atoms with van der Waals surface area (Å²) in [6.07, 6.45) is 3.05. The molecule has 0 amide bonds. The lowest BCUT2D eigenvalue weighted by Crippen LogP contribution is -2.34. The minimum atomic E-state index is -3.79. The molecule has 2 aromatic rings. The number of aromatic nitrogens is 1. The van der Waals surface area contributed by atoms with Crippen molar-refractivity contribution in [3.8, 4) is 5.75 Å². The second-order valence-electron chi connectivity index (χ2n) is 6.92. The number of ether oxygens (including phenoxy) is 2. The summed E-state index contributed by atoms with van der Waals surface area (Å²) in [6, 6.07) is 11.0. The molecule has 0 radical (unpaired) electrons. The van der Waals surface area contributed by atoms with Gasteiger partial charge in [-0.25, -0.2) is 13.1 Å². The standard InChI is InChI=1S/C21H29N3O6S/c1-3-29-21(25)15-17(2)23-31(27,28)19-10-8-9-18(16-19)30-14-7-5-12-22-20-11-4-6-13-24(20)26/h4,6,8-11,13,16-17,23,26H,3,5,7,12,14-15H2,1-2H3/p+1. The first-order valence-corrected chi connectivity index (χ1v) is 11.6. The number of esters is 1. The summed E-state index contributed by atoms with van der Waals surface area (Å²) in [5, 5.41) is 12.7. The van der Waals surface area contributed by atoms with Crippen LogP contribution >= 0.6 is 0 Å². The van der Waals surface area contributed by atoms with E-state index in [9.17, 15) is 18.4 Å². The van der Waals surface area contributed by atoms with Crippen LogP contribution in [0.25, 0.3) is 0 Å². The van der Waals surface area contributed by atoms with Gasteiger partial charge < -0.3 is 14.7 Å². The number of nitrogens with one attached hydrogen (secondary N) is 2. The number of anilines is 1. The van der Waals surface area contributed by atoms with E-state index in [0.29, 0.717) is 24.7 Å². The first-order valence-electron chi connectivity index (χ1n) is 10.2. The van der Waals surface area contributed by atoms with Crippen LogP contribution in [0, 0.1) is 0 Å². The molecule has 31 heavy (non-hydrogen) atoms. The number of hydrogen-bond acceptors (Lipinski definition) is 7. The van der Waals surface area contributed by atoms with E-state index >= 15 is 0 Å². The smallest absolute Gasteiger partial charge is 0.313 e. The van der Waals surface area contributed by atoms with Gasteiger partial charge in [0.1, 0.15) is 11.9 Å². The average Bonchev–Trinajstić information content (AvgIpc) is 2.71. The van der Waals surface area contributed by atoms with Crippen LogP contribution in [0.5, 0.6) is 5.75 Å². The summed E-state index contributed by atoms with van der Waals surface area (Å²) in [5.41, 5.74) is 0. The zero-order chi connectivity index (χ0) is 22.7. The van der Waals surface area contributed by atoms with Crippen molar-refractivity contribution in [2.45, 2.75) is 44.0 Å². The Bertz CT molecular complexity index is 952. The van der Waals surface area contributed by atoms with E-state index in [1.807, 2.05) is 6.07 Å². The average molecular weight is 453 g/mol. The van der Waals surface area contributed by atoms with Crippen LogP contribution in [-0.2, 0) is 19.6 Å². The molecule has 0 spiro atoms. The molecule has 0 saturated heterocycles. The molecule has 0 aliphatic carbocycles. The molecule has 1 aromatic carbocycles. The second kappa shape index (κ2) is 12.1. The quantitative estimate of drug-likeness (QED) is 0.184. The van der Waals surface area contributed by atoms with Crippen molar-refractivity contribution in [3.63, 3.8) is 0 Å². The fourth-order valence-corrected chi connectivity index (χ4v) is 4.06. The number of unbranched alkanes of at least 4 members (excludes halogenated alkanes) is 1. The van der Waals surface area contributed by atoms with Gasteiger partial charge in [0.25, 0.3) is 0 Å². The first-order chi connectivity index (χ1) is 14.8. The number of nitrogens with zero attached hydrogens (tertiary/aromatic N) is 1. The van der Waals surface area contributed by atoms with Crippen LogP contribution in [0.2, 0.25) is 0 Å². The number of carbonyl (C=O) groups is 1. The maximum Gasteiger partial charge on any atom is 0.313 e. The number of hydrogen-bond donors (Lipinski definition) is 3. The van der Waals surface area contributed by atoms with E-state index in [0.717, 1.165) is 17.6 Å². The van der Waals surface area contributed by atoms with E-state index in [4.69, 9.17) is 9.47 Å². The van der Waals surface area contributed by atoms with E-state index in [2.05, 4.69) is 10.0 Å². The largest absolute Gasteiger partial charge is 0.494 e. The third kappa shape index (κ3) is 8.42. The van der Waals surface area contributed by atoms with Gasteiger partial charge >= 0.3 is 11.8 Å². The minimum absolute atomic E-state index is 0.0451. The van der Waals surface area contributed by atoms with Gasteiger partial charge in [-0.1, -0.05) is 16.9 Å². The molecule has 0 bridgehead atoms. The maximum atomic E-state index is 12.6. The summed E-state index contributed by atoms with van der Waals surface area (Å²) < 4.78 is 39.1. The molecule has 2 rings (SSSR count). The molecule has 1 heterocycles. The Morgan fingerprint density at radius 1 is 1.19 bits per heavy atom. The molecule has 0 fully saturated rings. The lowest BCUT2D eigenvalue weighted by molar-refractivity contribution is -0.893. The SMILES string of the molecule is CCOC(=O)CC(C)NS(=O)(=O)c1cccc(OCCCCNc2cccc[n+]2O)c1. The fraction of sp³-hybridized carbons (Fsp3) is 0.429.